The third-order valence-corrected chi connectivity index (χ3v) is 6.74. The van der Waals surface area contributed by atoms with Crippen LogP contribution in [0.3, 0.4) is 0 Å². The summed E-state index contributed by atoms with van der Waals surface area (Å²) >= 11 is 0. The van der Waals surface area contributed by atoms with Gasteiger partial charge < -0.3 is 9.23 Å². The Morgan fingerprint density at radius 1 is 1.03 bits per heavy atom. The average Bonchev–Trinajstić information content (AvgIpc) is 3.31. The lowest BCUT2D eigenvalue weighted by molar-refractivity contribution is -0.653. The fraction of sp³-hybridized carbons (Fsp3) is 0.333. The van der Waals surface area contributed by atoms with Crippen LogP contribution in [0.2, 0.25) is 0 Å². The van der Waals surface area contributed by atoms with Crippen LogP contribution in [-0.4, -0.2) is 28.3 Å². The van der Waals surface area contributed by atoms with Gasteiger partial charge in [-0.1, -0.05) is 45.9 Å². The fourth-order valence-electron chi connectivity index (χ4n) is 4.99. The van der Waals surface area contributed by atoms with Crippen molar-refractivity contribution < 1.29 is 8.98 Å². The molecule has 0 N–H and O–H groups in total. The molecule has 4 aromatic rings. The van der Waals surface area contributed by atoms with Crippen molar-refractivity contribution in [2.24, 2.45) is 7.05 Å². The number of aryl methyl sites for hydroxylation is 2. The van der Waals surface area contributed by atoms with Gasteiger partial charge in [-0.05, 0) is 50.1 Å². The number of benzene rings is 1. The Morgan fingerprint density at radius 3 is 2.39 bits per heavy atom. The van der Waals surface area contributed by atoms with Gasteiger partial charge in [0.05, 0.1) is 7.05 Å². The lowest BCUT2D eigenvalue weighted by Crippen LogP contribution is -2.62. The van der Waals surface area contributed by atoms with Crippen molar-refractivity contribution in [3.8, 4) is 5.69 Å². The van der Waals surface area contributed by atoms with E-state index in [0.717, 1.165) is 21.7 Å². The van der Waals surface area contributed by atoms with Crippen molar-refractivity contribution in [3.63, 3.8) is 0 Å². The molecule has 0 saturated carbocycles. The molecule has 0 spiro atoms. The van der Waals surface area contributed by atoms with Gasteiger partial charge in [-0.25, -0.2) is 14.1 Å². The lowest BCUT2D eigenvalue weighted by Gasteiger charge is -2.23. The highest BCUT2D eigenvalue weighted by molar-refractivity contribution is 6.82. The number of pyridine rings is 1. The first-order chi connectivity index (χ1) is 15.8. The molecular formula is C27H32BN4O+. The minimum Gasteiger partial charge on any atom is -0.439 e. The molecular weight excluding hydrogens is 407 g/mol. The Hall–Kier alpha value is -3.28. The molecule has 3 aromatic heterocycles. The summed E-state index contributed by atoms with van der Waals surface area (Å²) in [6, 6.07) is 10.9. The molecule has 33 heavy (non-hydrogen) atoms. The van der Waals surface area contributed by atoms with Gasteiger partial charge in [0.2, 0.25) is 11.4 Å². The fourth-order valence-corrected chi connectivity index (χ4v) is 4.99. The number of furan rings is 1. The molecule has 0 bridgehead atoms. The summed E-state index contributed by atoms with van der Waals surface area (Å²) in [7, 11) is 4.26. The highest BCUT2D eigenvalue weighted by Crippen LogP contribution is 2.30. The average molecular weight is 439 g/mol. The van der Waals surface area contributed by atoms with E-state index in [-0.39, 0.29) is 6.85 Å². The number of hydrogen-bond acceptors (Lipinski definition) is 3. The Morgan fingerprint density at radius 2 is 1.73 bits per heavy atom. The number of fused-ring (bicyclic) bond motifs is 3. The summed E-state index contributed by atoms with van der Waals surface area (Å²) < 4.78 is 10.8. The highest BCUT2D eigenvalue weighted by Gasteiger charge is 2.36. The van der Waals surface area contributed by atoms with Crippen LogP contribution in [0.5, 0.6) is 0 Å². The third-order valence-electron chi connectivity index (χ3n) is 6.74. The van der Waals surface area contributed by atoms with E-state index in [4.69, 9.17) is 4.42 Å². The Labute approximate surface area is 195 Å². The van der Waals surface area contributed by atoms with Crippen molar-refractivity contribution in [2.75, 3.05) is 7.05 Å². The minimum absolute atomic E-state index is 0.0272. The molecule has 1 aliphatic heterocycles. The lowest BCUT2D eigenvalue weighted by atomic mass is 9.58. The molecule has 5 nitrogen and oxygen atoms in total. The standard InChI is InChI=1S/C27H32BN4O/c1-17(2)20-9-8-10-21(18(3)4)25(20)32-14-13-30(6)27(32)28-15-24-23(16-31(28)7)22-12-11-19(5)29-26(22)33-24/h8-18H,1-7H3/q+1. The third kappa shape index (κ3) is 3.49. The van der Waals surface area contributed by atoms with Crippen molar-refractivity contribution >= 4 is 35.8 Å². The highest BCUT2D eigenvalue weighted by atomic mass is 16.3. The van der Waals surface area contributed by atoms with E-state index < -0.39 is 0 Å². The van der Waals surface area contributed by atoms with Gasteiger partial charge in [0, 0.05) is 27.4 Å². The largest absolute Gasteiger partial charge is 0.439 e. The quantitative estimate of drug-likeness (QED) is 0.363. The second kappa shape index (κ2) is 7.94. The minimum atomic E-state index is 0.0272. The van der Waals surface area contributed by atoms with E-state index >= 15 is 0 Å². The Balaban J connectivity index is 1.74. The zero-order valence-electron chi connectivity index (χ0n) is 20.6. The van der Waals surface area contributed by atoms with Crippen LogP contribution in [0.4, 0.5) is 0 Å². The van der Waals surface area contributed by atoms with Gasteiger partial charge in [0.1, 0.15) is 23.5 Å². The van der Waals surface area contributed by atoms with Crippen LogP contribution in [0.15, 0.2) is 47.1 Å². The van der Waals surface area contributed by atoms with Crippen LogP contribution < -0.4 is 20.9 Å². The smallest absolute Gasteiger partial charge is 0.424 e. The Kier molecular flexibility index (Phi) is 5.19. The van der Waals surface area contributed by atoms with Crippen molar-refractivity contribution in [3.05, 3.63) is 70.2 Å². The number of imidazole rings is 1. The van der Waals surface area contributed by atoms with Crippen LogP contribution in [0.1, 0.15) is 56.4 Å². The van der Waals surface area contributed by atoms with Crippen LogP contribution >= 0.6 is 0 Å². The second-order valence-electron chi connectivity index (χ2n) is 9.82. The maximum Gasteiger partial charge on any atom is 0.424 e. The number of hydrogen-bond donors (Lipinski definition) is 0. The van der Waals surface area contributed by atoms with Gasteiger partial charge in [0.25, 0.3) is 0 Å². The summed E-state index contributed by atoms with van der Waals surface area (Å²) in [6.07, 6.45) is 6.54. The number of para-hydroxylation sites is 1. The van der Waals surface area contributed by atoms with Crippen molar-refractivity contribution in [1.82, 2.24) is 14.4 Å². The molecule has 5 rings (SSSR count). The Bertz CT molecular complexity index is 1450. The predicted molar refractivity (Wildman–Crippen MR) is 135 cm³/mol. The van der Waals surface area contributed by atoms with Gasteiger partial charge in [-0.15, -0.1) is 0 Å². The first-order valence-electron chi connectivity index (χ1n) is 11.8. The molecule has 0 atom stereocenters. The van der Waals surface area contributed by atoms with Crippen molar-refractivity contribution in [1.29, 1.82) is 0 Å². The summed E-state index contributed by atoms with van der Waals surface area (Å²) in [5.41, 5.74) is 7.78. The molecule has 0 amide bonds. The number of rotatable bonds is 4. The molecule has 4 heterocycles. The first kappa shape index (κ1) is 21.6. The summed E-state index contributed by atoms with van der Waals surface area (Å²) in [4.78, 5) is 6.88. The van der Waals surface area contributed by atoms with Crippen LogP contribution in [0.25, 0.3) is 29.0 Å². The van der Waals surface area contributed by atoms with Gasteiger partial charge >= 0.3 is 6.85 Å². The zero-order chi connectivity index (χ0) is 23.4. The topological polar surface area (TPSA) is 38.1 Å². The molecule has 0 unspecified atom stereocenters. The SMILES string of the molecule is Cc1ccc2c3c(oc2n1)=CB(c1n(-c2c(C(C)C)cccc2C(C)C)cc[n+]1C)N(C)C=3. The molecule has 0 aliphatic carbocycles. The molecule has 0 fully saturated rings. The second-order valence-corrected chi connectivity index (χ2v) is 9.82. The molecule has 1 aromatic carbocycles. The van der Waals surface area contributed by atoms with Crippen LogP contribution in [-0.2, 0) is 7.05 Å². The number of nitrogens with zero attached hydrogens (tertiary/aromatic N) is 4. The van der Waals surface area contributed by atoms with Gasteiger partial charge in [0.15, 0.2) is 0 Å². The van der Waals surface area contributed by atoms with Crippen molar-refractivity contribution in [2.45, 2.75) is 46.5 Å². The molecule has 1 aliphatic rings. The van der Waals surface area contributed by atoms with E-state index in [1.165, 1.54) is 22.5 Å². The number of aromatic nitrogens is 3. The first-order valence-corrected chi connectivity index (χ1v) is 11.8. The summed E-state index contributed by atoms with van der Waals surface area (Å²) in [5, 5.41) is 2.16. The maximum atomic E-state index is 6.21. The van der Waals surface area contributed by atoms with E-state index in [1.807, 2.05) is 13.0 Å². The van der Waals surface area contributed by atoms with Gasteiger partial charge in [-0.2, -0.15) is 0 Å². The monoisotopic (exact) mass is 439 g/mol. The molecule has 0 saturated heterocycles. The summed E-state index contributed by atoms with van der Waals surface area (Å²) in [6.45, 7) is 11.1. The molecule has 168 valence electrons. The van der Waals surface area contributed by atoms with E-state index in [2.05, 4.69) is 110 Å². The molecule has 0 radical (unpaired) electrons. The normalized spacial score (nSPS) is 13.6. The van der Waals surface area contributed by atoms with E-state index in [9.17, 15) is 0 Å². The summed E-state index contributed by atoms with van der Waals surface area (Å²) in [5.74, 6) is 3.08. The van der Waals surface area contributed by atoms with Gasteiger partial charge in [-0.3, -0.25) is 0 Å². The molecule has 6 heteroatoms. The van der Waals surface area contributed by atoms with E-state index in [1.54, 1.807) is 0 Å². The van der Waals surface area contributed by atoms with E-state index in [0.29, 0.717) is 17.5 Å². The maximum absolute atomic E-state index is 6.21. The predicted octanol–water partition coefficient (Wildman–Crippen LogP) is 2.90. The zero-order valence-corrected chi connectivity index (χ0v) is 20.6. The van der Waals surface area contributed by atoms with Crippen LogP contribution in [0, 0.1) is 6.92 Å².